The van der Waals surface area contributed by atoms with Gasteiger partial charge < -0.3 is 4.90 Å². The molecule has 1 aromatic heterocycles. The maximum atomic E-state index is 13.5. The number of nitriles is 1. The molecule has 1 fully saturated rings. The molecule has 0 N–H and O–H groups in total. The number of fused-ring (bicyclic) bond motifs is 1. The Morgan fingerprint density at radius 1 is 1.00 bits per heavy atom. The Morgan fingerprint density at radius 3 is 2.16 bits per heavy atom. The highest BCUT2D eigenvalue weighted by Crippen LogP contribution is 2.36. The summed E-state index contributed by atoms with van der Waals surface area (Å²) in [6.07, 6.45) is 1.11. The standard InChI is InChI=1S/C24H26N4O2S/c1-16-8-10-19(11-9-16)31(29,30)22(13-25)23-24(28-14-17(2)12-18(3)15-28)27-21-7-5-4-6-20(21)26-23/h4-11,17-18,22H,12,14-15H2,1-3H3/t17-,18-,22-/m0/s1. The molecule has 2 aromatic carbocycles. The third-order valence-corrected chi connectivity index (χ3v) is 7.65. The highest BCUT2D eigenvalue weighted by molar-refractivity contribution is 7.92. The van der Waals surface area contributed by atoms with Gasteiger partial charge in [-0.25, -0.2) is 18.4 Å². The van der Waals surface area contributed by atoms with E-state index in [-0.39, 0.29) is 10.6 Å². The van der Waals surface area contributed by atoms with Crippen molar-refractivity contribution in [3.63, 3.8) is 0 Å². The molecule has 160 valence electrons. The van der Waals surface area contributed by atoms with E-state index < -0.39 is 15.1 Å². The second-order valence-electron chi connectivity index (χ2n) is 8.64. The van der Waals surface area contributed by atoms with E-state index in [1.165, 1.54) is 0 Å². The van der Waals surface area contributed by atoms with E-state index >= 15 is 0 Å². The maximum absolute atomic E-state index is 13.5. The van der Waals surface area contributed by atoms with Crippen LogP contribution in [0.4, 0.5) is 5.82 Å². The molecule has 0 saturated carbocycles. The highest BCUT2D eigenvalue weighted by Gasteiger charge is 2.36. The Hall–Kier alpha value is -2.98. The van der Waals surface area contributed by atoms with Crippen LogP contribution in [0, 0.1) is 30.1 Å². The van der Waals surface area contributed by atoms with E-state index in [4.69, 9.17) is 4.98 Å². The zero-order chi connectivity index (χ0) is 22.2. The number of benzene rings is 2. The van der Waals surface area contributed by atoms with Crippen LogP contribution in [0.2, 0.25) is 0 Å². The fourth-order valence-electron chi connectivity index (χ4n) is 4.39. The van der Waals surface area contributed by atoms with Gasteiger partial charge in [-0.05, 0) is 49.4 Å². The van der Waals surface area contributed by atoms with Crippen molar-refractivity contribution in [3.05, 3.63) is 59.8 Å². The van der Waals surface area contributed by atoms with Crippen molar-refractivity contribution in [2.24, 2.45) is 11.8 Å². The number of anilines is 1. The topological polar surface area (TPSA) is 86.9 Å². The molecule has 1 aliphatic rings. The second-order valence-corrected chi connectivity index (χ2v) is 10.7. The summed E-state index contributed by atoms with van der Waals surface area (Å²) in [5.41, 5.74) is 2.44. The Balaban J connectivity index is 1.90. The van der Waals surface area contributed by atoms with Crippen molar-refractivity contribution in [3.8, 4) is 6.07 Å². The summed E-state index contributed by atoms with van der Waals surface area (Å²) in [6, 6.07) is 16.0. The van der Waals surface area contributed by atoms with Gasteiger partial charge in [0, 0.05) is 13.1 Å². The maximum Gasteiger partial charge on any atom is 0.200 e. The first-order valence-corrected chi connectivity index (χ1v) is 12.1. The third-order valence-electron chi connectivity index (χ3n) is 5.77. The monoisotopic (exact) mass is 434 g/mol. The lowest BCUT2D eigenvalue weighted by Crippen LogP contribution is -2.40. The van der Waals surface area contributed by atoms with Crippen molar-refractivity contribution in [2.45, 2.75) is 37.3 Å². The molecule has 1 saturated heterocycles. The van der Waals surface area contributed by atoms with Crippen LogP contribution in [-0.4, -0.2) is 31.5 Å². The summed E-state index contributed by atoms with van der Waals surface area (Å²) >= 11 is 0. The Labute approximate surface area is 183 Å². The first kappa shape index (κ1) is 21.3. The normalized spacial score (nSPS) is 20.4. The quantitative estimate of drug-likeness (QED) is 0.602. The molecule has 6 nitrogen and oxygen atoms in total. The lowest BCUT2D eigenvalue weighted by atomic mass is 9.92. The van der Waals surface area contributed by atoms with Gasteiger partial charge in [0.25, 0.3) is 0 Å². The molecule has 0 unspecified atom stereocenters. The molecule has 3 aromatic rings. The van der Waals surface area contributed by atoms with Crippen LogP contribution >= 0.6 is 0 Å². The number of aryl methyl sites for hydroxylation is 1. The van der Waals surface area contributed by atoms with Crippen LogP contribution in [0.3, 0.4) is 0 Å². The fourth-order valence-corrected chi connectivity index (χ4v) is 5.77. The van der Waals surface area contributed by atoms with Crippen molar-refractivity contribution < 1.29 is 8.42 Å². The van der Waals surface area contributed by atoms with Crippen LogP contribution < -0.4 is 4.90 Å². The van der Waals surface area contributed by atoms with E-state index in [1.807, 2.05) is 31.2 Å². The fraction of sp³-hybridized carbons (Fsp3) is 0.375. The molecule has 3 atom stereocenters. The summed E-state index contributed by atoms with van der Waals surface area (Å²) in [7, 11) is -3.97. The van der Waals surface area contributed by atoms with E-state index in [0.717, 1.165) is 25.1 Å². The molecule has 0 spiro atoms. The first-order chi connectivity index (χ1) is 14.8. The number of para-hydroxylation sites is 2. The lowest BCUT2D eigenvalue weighted by Gasteiger charge is -2.36. The number of hydrogen-bond acceptors (Lipinski definition) is 6. The minimum atomic E-state index is -3.97. The molecular formula is C24H26N4O2S. The molecule has 7 heteroatoms. The average Bonchev–Trinajstić information content (AvgIpc) is 2.73. The summed E-state index contributed by atoms with van der Waals surface area (Å²) in [5, 5.41) is 8.58. The van der Waals surface area contributed by atoms with E-state index in [1.54, 1.807) is 30.3 Å². The van der Waals surface area contributed by atoms with Gasteiger partial charge in [0.1, 0.15) is 5.69 Å². The minimum Gasteiger partial charge on any atom is -0.354 e. The van der Waals surface area contributed by atoms with Gasteiger partial charge in [-0.2, -0.15) is 5.26 Å². The van der Waals surface area contributed by atoms with Gasteiger partial charge >= 0.3 is 0 Å². The minimum absolute atomic E-state index is 0.117. The van der Waals surface area contributed by atoms with Gasteiger partial charge in [-0.3, -0.25) is 0 Å². The first-order valence-electron chi connectivity index (χ1n) is 10.5. The van der Waals surface area contributed by atoms with Gasteiger partial charge in [0.05, 0.1) is 22.0 Å². The molecule has 0 bridgehead atoms. The molecule has 2 heterocycles. The summed E-state index contributed by atoms with van der Waals surface area (Å²) in [4.78, 5) is 11.7. The summed E-state index contributed by atoms with van der Waals surface area (Å²) < 4.78 is 26.9. The Bertz CT molecular complexity index is 1240. The van der Waals surface area contributed by atoms with Crippen molar-refractivity contribution in [1.29, 1.82) is 5.26 Å². The molecule has 0 amide bonds. The van der Waals surface area contributed by atoms with Crippen LogP contribution in [0.15, 0.2) is 53.4 Å². The van der Waals surface area contributed by atoms with Crippen LogP contribution in [0.5, 0.6) is 0 Å². The lowest BCUT2D eigenvalue weighted by molar-refractivity contribution is 0.355. The van der Waals surface area contributed by atoms with Crippen molar-refractivity contribution in [2.75, 3.05) is 18.0 Å². The second kappa shape index (κ2) is 8.27. The van der Waals surface area contributed by atoms with Gasteiger partial charge in [0.15, 0.2) is 11.1 Å². The highest BCUT2D eigenvalue weighted by atomic mass is 32.2. The number of rotatable bonds is 4. The predicted octanol–water partition coefficient (Wildman–Crippen LogP) is 4.46. The smallest absolute Gasteiger partial charge is 0.200 e. The predicted molar refractivity (Wildman–Crippen MR) is 121 cm³/mol. The number of sulfone groups is 1. The van der Waals surface area contributed by atoms with Crippen molar-refractivity contribution >= 4 is 26.7 Å². The SMILES string of the molecule is Cc1ccc(S(=O)(=O)[C@@H](C#N)c2nc3ccccc3nc2N2C[C@@H](C)C[C@H](C)C2)cc1. The zero-order valence-electron chi connectivity index (χ0n) is 18.0. The van der Waals surface area contributed by atoms with Crippen molar-refractivity contribution in [1.82, 2.24) is 9.97 Å². The largest absolute Gasteiger partial charge is 0.354 e. The molecule has 0 aliphatic carbocycles. The molecule has 31 heavy (non-hydrogen) atoms. The Kier molecular flexibility index (Phi) is 5.67. The number of nitrogens with zero attached hydrogens (tertiary/aromatic N) is 4. The number of piperidine rings is 1. The van der Waals surface area contributed by atoms with Crippen LogP contribution in [0.1, 0.15) is 36.8 Å². The molecule has 1 aliphatic heterocycles. The summed E-state index contributed by atoms with van der Waals surface area (Å²) in [5.74, 6) is 1.39. The van der Waals surface area contributed by atoms with E-state index in [0.29, 0.717) is 28.7 Å². The van der Waals surface area contributed by atoms with Crippen LogP contribution in [-0.2, 0) is 9.84 Å². The molecule has 4 rings (SSSR count). The third kappa shape index (κ3) is 4.13. The van der Waals surface area contributed by atoms with Gasteiger partial charge in [-0.1, -0.05) is 43.7 Å². The average molecular weight is 435 g/mol. The summed E-state index contributed by atoms with van der Waals surface area (Å²) in [6.45, 7) is 7.77. The van der Waals surface area contributed by atoms with Gasteiger partial charge in [-0.15, -0.1) is 0 Å². The van der Waals surface area contributed by atoms with Gasteiger partial charge in [0.2, 0.25) is 9.84 Å². The van der Waals surface area contributed by atoms with E-state index in [2.05, 4.69) is 23.7 Å². The zero-order valence-corrected chi connectivity index (χ0v) is 18.8. The molecule has 0 radical (unpaired) electrons. The van der Waals surface area contributed by atoms with Crippen LogP contribution in [0.25, 0.3) is 11.0 Å². The van der Waals surface area contributed by atoms with E-state index in [9.17, 15) is 13.7 Å². The molecular weight excluding hydrogens is 408 g/mol. The number of aromatic nitrogens is 2. The number of hydrogen-bond donors (Lipinski definition) is 0. The Morgan fingerprint density at radius 2 is 1.58 bits per heavy atom.